The number of rotatable bonds is 6. The second-order valence-electron chi connectivity index (χ2n) is 5.69. The second kappa shape index (κ2) is 6.82. The maximum atomic E-state index is 11.0. The number of hydrogen-bond donors (Lipinski definition) is 1. The van der Waals surface area contributed by atoms with E-state index in [9.17, 15) is 8.42 Å². The summed E-state index contributed by atoms with van der Waals surface area (Å²) in [5, 5.41) is 9.00. The number of piperazine rings is 1. The Kier molecular flexibility index (Phi) is 5.31. The van der Waals surface area contributed by atoms with E-state index in [1.165, 1.54) is 0 Å². The Balaban J connectivity index is 1.76. The van der Waals surface area contributed by atoms with Crippen LogP contribution in [0, 0.1) is 0 Å². The van der Waals surface area contributed by atoms with Gasteiger partial charge >= 0.3 is 0 Å². The Hall–Kier alpha value is -1.03. The standard InChI is InChI=1S/C12H23N5O3S/c1-10(2)12-14-11(15-20-12)9-17-5-3-16(4-6-17)7-8-21(13,18)19/h10H,3-9H2,1-2H3,(H2,13,18,19). The molecule has 2 N–H and O–H groups in total. The summed E-state index contributed by atoms with van der Waals surface area (Å²) in [7, 11) is -3.38. The smallest absolute Gasteiger partial charge is 0.229 e. The van der Waals surface area contributed by atoms with Gasteiger partial charge in [-0.25, -0.2) is 13.6 Å². The number of hydrogen-bond acceptors (Lipinski definition) is 7. The van der Waals surface area contributed by atoms with Crippen molar-refractivity contribution < 1.29 is 12.9 Å². The molecular weight excluding hydrogens is 294 g/mol. The van der Waals surface area contributed by atoms with Gasteiger partial charge in [0.05, 0.1) is 12.3 Å². The fourth-order valence-electron chi connectivity index (χ4n) is 2.19. The highest BCUT2D eigenvalue weighted by molar-refractivity contribution is 7.89. The lowest BCUT2D eigenvalue weighted by Gasteiger charge is -2.33. The summed E-state index contributed by atoms with van der Waals surface area (Å²) in [6.07, 6.45) is 0. The molecule has 0 aromatic carbocycles. The molecular formula is C12H23N5O3S. The molecule has 1 aliphatic heterocycles. The normalized spacial score (nSPS) is 18.5. The number of nitrogens with two attached hydrogens (primary N) is 1. The van der Waals surface area contributed by atoms with Crippen molar-refractivity contribution in [3.8, 4) is 0 Å². The maximum Gasteiger partial charge on any atom is 0.229 e. The van der Waals surface area contributed by atoms with E-state index >= 15 is 0 Å². The van der Waals surface area contributed by atoms with Crippen molar-refractivity contribution in [2.45, 2.75) is 26.3 Å². The van der Waals surface area contributed by atoms with Crippen molar-refractivity contribution in [3.05, 3.63) is 11.7 Å². The molecule has 1 aromatic rings. The third-order valence-corrected chi connectivity index (χ3v) is 4.25. The van der Waals surface area contributed by atoms with Gasteiger partial charge in [-0.15, -0.1) is 0 Å². The molecule has 0 spiro atoms. The zero-order valence-corrected chi connectivity index (χ0v) is 13.3. The molecule has 0 saturated carbocycles. The Morgan fingerprint density at radius 3 is 2.38 bits per heavy atom. The van der Waals surface area contributed by atoms with Crippen molar-refractivity contribution in [2.75, 3.05) is 38.5 Å². The van der Waals surface area contributed by atoms with Gasteiger partial charge in [-0.2, -0.15) is 4.98 Å². The van der Waals surface area contributed by atoms with Crippen LogP contribution in [0.15, 0.2) is 4.52 Å². The van der Waals surface area contributed by atoms with Crippen LogP contribution in [0.1, 0.15) is 31.5 Å². The van der Waals surface area contributed by atoms with Crippen molar-refractivity contribution >= 4 is 10.0 Å². The average Bonchev–Trinajstić information content (AvgIpc) is 2.86. The molecule has 21 heavy (non-hydrogen) atoms. The molecule has 0 unspecified atom stereocenters. The monoisotopic (exact) mass is 317 g/mol. The van der Waals surface area contributed by atoms with E-state index in [-0.39, 0.29) is 11.7 Å². The molecule has 1 fully saturated rings. The molecule has 120 valence electrons. The first-order valence-electron chi connectivity index (χ1n) is 7.11. The van der Waals surface area contributed by atoms with Gasteiger partial charge in [0.25, 0.3) is 0 Å². The van der Waals surface area contributed by atoms with Gasteiger partial charge in [0.2, 0.25) is 15.9 Å². The van der Waals surface area contributed by atoms with Gasteiger partial charge in [-0.05, 0) is 0 Å². The van der Waals surface area contributed by atoms with Gasteiger partial charge in [0.1, 0.15) is 0 Å². The summed E-state index contributed by atoms with van der Waals surface area (Å²) in [6, 6.07) is 0. The minimum atomic E-state index is -3.38. The van der Waals surface area contributed by atoms with E-state index in [0.29, 0.717) is 24.8 Å². The van der Waals surface area contributed by atoms with E-state index in [2.05, 4.69) is 19.9 Å². The van der Waals surface area contributed by atoms with Gasteiger partial charge in [-0.3, -0.25) is 9.80 Å². The van der Waals surface area contributed by atoms with Crippen molar-refractivity contribution in [1.29, 1.82) is 0 Å². The lowest BCUT2D eigenvalue weighted by atomic mass is 10.2. The van der Waals surface area contributed by atoms with E-state index in [1.807, 2.05) is 13.8 Å². The summed E-state index contributed by atoms with van der Waals surface area (Å²) >= 11 is 0. The molecule has 1 aromatic heterocycles. The minimum absolute atomic E-state index is 0.00951. The molecule has 1 saturated heterocycles. The lowest BCUT2D eigenvalue weighted by molar-refractivity contribution is 0.129. The van der Waals surface area contributed by atoms with Crippen LogP contribution in [0.25, 0.3) is 0 Å². The zero-order chi connectivity index (χ0) is 15.5. The van der Waals surface area contributed by atoms with Crippen molar-refractivity contribution in [3.63, 3.8) is 0 Å². The first-order chi connectivity index (χ1) is 9.83. The van der Waals surface area contributed by atoms with Crippen LogP contribution in [0.5, 0.6) is 0 Å². The van der Waals surface area contributed by atoms with Gasteiger partial charge in [-0.1, -0.05) is 19.0 Å². The molecule has 2 rings (SSSR count). The Bertz CT molecular complexity index is 549. The second-order valence-corrected chi connectivity index (χ2v) is 7.42. The number of aromatic nitrogens is 2. The lowest BCUT2D eigenvalue weighted by Crippen LogP contribution is -2.47. The number of nitrogens with zero attached hydrogens (tertiary/aromatic N) is 4. The van der Waals surface area contributed by atoms with Crippen LogP contribution < -0.4 is 5.14 Å². The van der Waals surface area contributed by atoms with Crippen LogP contribution in [0.2, 0.25) is 0 Å². The molecule has 0 amide bonds. The highest BCUT2D eigenvalue weighted by Gasteiger charge is 2.20. The fraction of sp³-hybridized carbons (Fsp3) is 0.833. The molecule has 2 heterocycles. The van der Waals surface area contributed by atoms with Gasteiger partial charge < -0.3 is 4.52 Å². The molecule has 9 heteroatoms. The number of primary sulfonamides is 1. The first-order valence-corrected chi connectivity index (χ1v) is 8.82. The van der Waals surface area contributed by atoms with E-state index in [0.717, 1.165) is 26.2 Å². The van der Waals surface area contributed by atoms with Crippen LogP contribution in [-0.2, 0) is 16.6 Å². The Morgan fingerprint density at radius 1 is 1.24 bits per heavy atom. The number of sulfonamides is 1. The predicted octanol–water partition coefficient (Wildman–Crippen LogP) is -0.401. The third kappa shape index (κ3) is 5.34. The molecule has 8 nitrogen and oxygen atoms in total. The molecule has 0 atom stereocenters. The van der Waals surface area contributed by atoms with E-state index in [1.54, 1.807) is 0 Å². The van der Waals surface area contributed by atoms with Crippen LogP contribution in [-0.4, -0.2) is 66.8 Å². The topological polar surface area (TPSA) is 106 Å². The third-order valence-electron chi connectivity index (χ3n) is 3.50. The summed E-state index contributed by atoms with van der Waals surface area (Å²) in [6.45, 7) is 8.55. The summed E-state index contributed by atoms with van der Waals surface area (Å²) in [4.78, 5) is 8.71. The minimum Gasteiger partial charge on any atom is -0.339 e. The molecule has 1 aliphatic rings. The van der Waals surface area contributed by atoms with Crippen molar-refractivity contribution in [1.82, 2.24) is 19.9 Å². The first kappa shape index (κ1) is 16.3. The SMILES string of the molecule is CC(C)c1nc(CN2CCN(CCS(N)(=O)=O)CC2)no1. The van der Waals surface area contributed by atoms with E-state index in [4.69, 9.17) is 9.66 Å². The predicted molar refractivity (Wildman–Crippen MR) is 78.1 cm³/mol. The summed E-state index contributed by atoms with van der Waals surface area (Å²) in [5.74, 6) is 1.62. The fourth-order valence-corrected chi connectivity index (χ4v) is 2.71. The molecule has 0 aliphatic carbocycles. The summed E-state index contributed by atoms with van der Waals surface area (Å²) < 4.78 is 27.1. The van der Waals surface area contributed by atoms with Crippen LogP contribution in [0.4, 0.5) is 0 Å². The van der Waals surface area contributed by atoms with Gasteiger partial charge in [0, 0.05) is 38.6 Å². The van der Waals surface area contributed by atoms with Crippen molar-refractivity contribution in [2.24, 2.45) is 5.14 Å². The highest BCUT2D eigenvalue weighted by Crippen LogP contribution is 2.12. The molecule has 0 bridgehead atoms. The van der Waals surface area contributed by atoms with Crippen LogP contribution >= 0.6 is 0 Å². The maximum absolute atomic E-state index is 11.0. The summed E-state index contributed by atoms with van der Waals surface area (Å²) in [5.41, 5.74) is 0. The average molecular weight is 317 g/mol. The largest absolute Gasteiger partial charge is 0.339 e. The van der Waals surface area contributed by atoms with Crippen LogP contribution in [0.3, 0.4) is 0 Å². The van der Waals surface area contributed by atoms with E-state index < -0.39 is 10.0 Å². The quantitative estimate of drug-likeness (QED) is 0.761. The van der Waals surface area contributed by atoms with Gasteiger partial charge in [0.15, 0.2) is 5.82 Å². The highest BCUT2D eigenvalue weighted by atomic mass is 32.2. The zero-order valence-electron chi connectivity index (χ0n) is 12.5. The Labute approximate surface area is 125 Å². The molecule has 0 radical (unpaired) electrons. The Morgan fingerprint density at radius 2 is 1.86 bits per heavy atom.